The quantitative estimate of drug-likeness (QED) is 0.0353. The number of carboxylic acid groups (broad SMARTS) is 1. The van der Waals surface area contributed by atoms with E-state index in [1.54, 1.807) is 0 Å². The van der Waals surface area contributed by atoms with E-state index in [1.807, 2.05) is 0 Å². The molecule has 7 atom stereocenters. The number of aliphatic hydroxyl groups is 3. The number of rotatable bonds is 32. The van der Waals surface area contributed by atoms with E-state index in [0.29, 0.717) is 12.8 Å². The van der Waals surface area contributed by atoms with Crippen molar-refractivity contribution in [2.75, 3.05) is 13.1 Å². The van der Waals surface area contributed by atoms with Crippen molar-refractivity contribution in [1.82, 2.24) is 31.9 Å². The van der Waals surface area contributed by atoms with Gasteiger partial charge in [0.15, 0.2) is 0 Å². The Hall–Kier alpha value is -5.11. The van der Waals surface area contributed by atoms with Gasteiger partial charge in [-0.25, -0.2) is 0 Å². The van der Waals surface area contributed by atoms with Crippen molar-refractivity contribution >= 4 is 41.4 Å². The molecule has 19 heteroatoms. The minimum atomic E-state index is -1.91. The van der Waals surface area contributed by atoms with Gasteiger partial charge in [-0.15, -0.1) is 0 Å². The SMILES string of the molecule is C=C(NC(=O)[C@@H](NC(=O)[C@@H](NC(=O)[C@@H](O)[C@@H](N)CCCCCCCCCCCCCCC)[C@@H](C)O)[C@@H](O)c1ccc(O)cc1)C(=O)NCC(=O)N[C@@H](C)C(=O)NCCC(=O)O. The number of phenolic OH excluding ortho intramolecular Hbond substituents is 1. The van der Waals surface area contributed by atoms with Crippen LogP contribution in [0.5, 0.6) is 5.75 Å². The fourth-order valence-electron chi connectivity index (χ4n) is 6.14. The Kier molecular flexibility index (Phi) is 26.5. The number of aliphatic hydroxyl groups excluding tert-OH is 3. The van der Waals surface area contributed by atoms with Gasteiger partial charge >= 0.3 is 5.97 Å². The summed E-state index contributed by atoms with van der Waals surface area (Å²) in [5.41, 5.74) is 5.51. The zero-order valence-corrected chi connectivity index (χ0v) is 35.7. The summed E-state index contributed by atoms with van der Waals surface area (Å²) >= 11 is 0. The van der Waals surface area contributed by atoms with Crippen LogP contribution >= 0.6 is 0 Å². The van der Waals surface area contributed by atoms with Crippen LogP contribution in [0.1, 0.15) is 129 Å². The minimum Gasteiger partial charge on any atom is -0.508 e. The predicted octanol–water partition coefficient (Wildman–Crippen LogP) is 0.787. The molecule has 0 saturated heterocycles. The largest absolute Gasteiger partial charge is 0.508 e. The summed E-state index contributed by atoms with van der Waals surface area (Å²) in [5, 5.41) is 64.2. The number of unbranched alkanes of at least 4 members (excludes halogenated alkanes) is 12. The molecule has 0 fully saturated rings. The van der Waals surface area contributed by atoms with Gasteiger partial charge in [0, 0.05) is 12.6 Å². The molecule has 0 radical (unpaired) electrons. The van der Waals surface area contributed by atoms with Crippen LogP contribution in [0.4, 0.5) is 0 Å². The lowest BCUT2D eigenvalue weighted by atomic mass is 9.99. The number of benzene rings is 1. The molecule has 1 rings (SSSR count). The third-order valence-corrected chi connectivity index (χ3v) is 9.87. The van der Waals surface area contributed by atoms with Gasteiger partial charge in [0.1, 0.15) is 36.1 Å². The summed E-state index contributed by atoms with van der Waals surface area (Å²) < 4.78 is 0. The summed E-state index contributed by atoms with van der Waals surface area (Å²) in [6, 6.07) is -0.807. The highest BCUT2D eigenvalue weighted by Gasteiger charge is 2.36. The Balaban J connectivity index is 2.81. The van der Waals surface area contributed by atoms with Crippen molar-refractivity contribution in [2.45, 2.75) is 160 Å². The van der Waals surface area contributed by atoms with Crippen LogP contribution < -0.4 is 37.6 Å². The summed E-state index contributed by atoms with van der Waals surface area (Å²) in [7, 11) is 0. The van der Waals surface area contributed by atoms with E-state index in [2.05, 4.69) is 45.4 Å². The Bertz CT molecular complexity index is 1560. The van der Waals surface area contributed by atoms with Crippen molar-refractivity contribution < 1.29 is 59.1 Å². The fraction of sp³-hybridized carbons (Fsp3) is 0.643. The number of carbonyl (C=O) groups is 7. The first-order valence-corrected chi connectivity index (χ1v) is 21.2. The first-order chi connectivity index (χ1) is 28.9. The number of nitrogens with two attached hydrogens (primary N) is 1. The first-order valence-electron chi connectivity index (χ1n) is 21.2. The molecule has 0 bridgehead atoms. The van der Waals surface area contributed by atoms with E-state index in [1.165, 1.54) is 89.5 Å². The highest BCUT2D eigenvalue weighted by Crippen LogP contribution is 2.21. The van der Waals surface area contributed by atoms with E-state index < -0.39 is 96.1 Å². The van der Waals surface area contributed by atoms with Crippen LogP contribution in [0.3, 0.4) is 0 Å². The van der Waals surface area contributed by atoms with Crippen molar-refractivity contribution in [3.8, 4) is 5.75 Å². The standard InChI is InChI=1S/C42H69N7O12/c1-5-6-7-8-9-10-11-12-13-14-15-16-17-18-31(43)37(56)42(61)48-34(28(4)50)40(59)49-35(36(55)29-19-21-30(51)22-20-29)41(60)47-27(3)39(58)45-25-32(52)46-26(2)38(57)44-24-23-33(53)54/h19-22,26,28,31,34-37,50-51,55-56H,3,5-18,23-25,43H2,1-2,4H3,(H,44,57)(H,45,58)(H,46,52)(H,47,60)(H,48,61)(H,49,59)(H,53,54)/t26-,28+,31-,34-,35-,36-,37-/m0/s1. The number of aromatic hydroxyl groups is 1. The lowest BCUT2D eigenvalue weighted by molar-refractivity contribution is -0.139. The second-order valence-electron chi connectivity index (χ2n) is 15.3. The van der Waals surface area contributed by atoms with Crippen molar-refractivity contribution in [3.63, 3.8) is 0 Å². The van der Waals surface area contributed by atoms with Gasteiger partial charge in [-0.3, -0.25) is 33.6 Å². The van der Waals surface area contributed by atoms with Crippen LogP contribution in [-0.2, 0) is 33.6 Å². The number of aliphatic carboxylic acids is 1. The van der Waals surface area contributed by atoms with Gasteiger partial charge in [-0.1, -0.05) is 109 Å². The molecule has 6 amide bonds. The molecule has 0 aromatic heterocycles. The third-order valence-electron chi connectivity index (χ3n) is 9.87. The number of nitrogens with one attached hydrogen (secondary N) is 6. The molecule has 0 unspecified atom stereocenters. The molecule has 61 heavy (non-hydrogen) atoms. The molecule has 344 valence electrons. The van der Waals surface area contributed by atoms with Crippen LogP contribution in [0.15, 0.2) is 36.5 Å². The second-order valence-corrected chi connectivity index (χ2v) is 15.3. The zero-order valence-electron chi connectivity index (χ0n) is 35.7. The van der Waals surface area contributed by atoms with Gasteiger partial charge in [-0.2, -0.15) is 0 Å². The van der Waals surface area contributed by atoms with E-state index >= 15 is 0 Å². The highest BCUT2D eigenvalue weighted by atomic mass is 16.4. The number of hydrogen-bond acceptors (Lipinski definition) is 12. The smallest absolute Gasteiger partial charge is 0.305 e. The molecule has 13 N–H and O–H groups in total. The average Bonchev–Trinajstić information content (AvgIpc) is 3.21. The maximum atomic E-state index is 13.5. The summed E-state index contributed by atoms with van der Waals surface area (Å²) in [6.07, 6.45) is 9.77. The number of carbonyl (C=O) groups excluding carboxylic acids is 6. The maximum absolute atomic E-state index is 13.5. The van der Waals surface area contributed by atoms with Crippen molar-refractivity contribution in [2.24, 2.45) is 5.73 Å². The molecule has 19 nitrogen and oxygen atoms in total. The molecule has 0 aliphatic carbocycles. The Morgan fingerprint density at radius 1 is 0.689 bits per heavy atom. The van der Waals surface area contributed by atoms with Crippen LogP contribution in [0, 0.1) is 0 Å². The predicted molar refractivity (Wildman–Crippen MR) is 226 cm³/mol. The number of hydrogen-bond donors (Lipinski definition) is 12. The molecule has 0 aliphatic heterocycles. The molecule has 0 saturated carbocycles. The van der Waals surface area contributed by atoms with Crippen LogP contribution in [0.2, 0.25) is 0 Å². The second kappa shape index (κ2) is 30.0. The first kappa shape index (κ1) is 53.9. The van der Waals surface area contributed by atoms with Crippen LogP contribution in [-0.4, -0.2) is 116 Å². The summed E-state index contributed by atoms with van der Waals surface area (Å²) in [6.45, 7) is 7.32. The number of amides is 6. The molecular formula is C42H69N7O12. The molecular weight excluding hydrogens is 794 g/mol. The van der Waals surface area contributed by atoms with Gasteiger partial charge in [0.2, 0.25) is 23.6 Å². The minimum absolute atomic E-state index is 0.0262. The lowest BCUT2D eigenvalue weighted by Crippen LogP contribution is -2.60. The monoisotopic (exact) mass is 864 g/mol. The number of phenols is 1. The average molecular weight is 864 g/mol. The van der Waals surface area contributed by atoms with E-state index in [9.17, 15) is 54.0 Å². The Morgan fingerprint density at radius 3 is 1.74 bits per heavy atom. The summed E-state index contributed by atoms with van der Waals surface area (Å²) in [5.74, 6) is -7.27. The van der Waals surface area contributed by atoms with Gasteiger partial charge < -0.3 is 63.2 Å². The number of carboxylic acids is 1. The van der Waals surface area contributed by atoms with Crippen LogP contribution in [0.25, 0.3) is 0 Å². The van der Waals surface area contributed by atoms with E-state index in [4.69, 9.17) is 10.8 Å². The molecule has 1 aromatic carbocycles. The van der Waals surface area contributed by atoms with E-state index in [-0.39, 0.29) is 24.3 Å². The van der Waals surface area contributed by atoms with Gasteiger partial charge in [0.05, 0.1) is 24.8 Å². The Labute approximate surface area is 358 Å². The van der Waals surface area contributed by atoms with Crippen molar-refractivity contribution in [3.05, 3.63) is 42.1 Å². The molecule has 0 spiro atoms. The molecule has 0 heterocycles. The van der Waals surface area contributed by atoms with Gasteiger partial charge in [0.25, 0.3) is 11.8 Å². The topological polar surface area (TPSA) is 319 Å². The molecule has 0 aliphatic rings. The van der Waals surface area contributed by atoms with Gasteiger partial charge in [-0.05, 0) is 38.0 Å². The maximum Gasteiger partial charge on any atom is 0.305 e. The van der Waals surface area contributed by atoms with E-state index in [0.717, 1.165) is 25.7 Å². The van der Waals surface area contributed by atoms with Crippen molar-refractivity contribution in [1.29, 1.82) is 0 Å². The Morgan fingerprint density at radius 2 is 1.21 bits per heavy atom. The molecule has 1 aromatic rings. The highest BCUT2D eigenvalue weighted by molar-refractivity contribution is 6.01. The summed E-state index contributed by atoms with van der Waals surface area (Å²) in [4.78, 5) is 87.8. The normalized spacial score (nSPS) is 14.5. The third kappa shape index (κ3) is 22.3. The lowest BCUT2D eigenvalue weighted by Gasteiger charge is -2.28. The fourth-order valence-corrected chi connectivity index (χ4v) is 6.14. The zero-order chi connectivity index (χ0) is 45.9.